The molecule has 5 nitrogen and oxygen atoms in total. The van der Waals surface area contributed by atoms with Gasteiger partial charge in [0, 0.05) is 37.0 Å². The van der Waals surface area contributed by atoms with Crippen LogP contribution in [-0.4, -0.2) is 31.0 Å². The molecule has 0 atom stereocenters. The Hall–Kier alpha value is -3.18. The minimum absolute atomic E-state index is 0.122. The molecule has 0 radical (unpaired) electrons. The zero-order valence-corrected chi connectivity index (χ0v) is 14.4. The molecule has 0 bridgehead atoms. The lowest BCUT2D eigenvalue weighted by Gasteiger charge is -2.15. The van der Waals surface area contributed by atoms with Gasteiger partial charge in [0.05, 0.1) is 12.2 Å². The van der Waals surface area contributed by atoms with Crippen molar-refractivity contribution in [2.45, 2.75) is 13.0 Å². The van der Waals surface area contributed by atoms with Gasteiger partial charge in [0.15, 0.2) is 0 Å². The van der Waals surface area contributed by atoms with Crippen molar-refractivity contribution in [2.24, 2.45) is 0 Å². The maximum atomic E-state index is 9.38. The zero-order chi connectivity index (χ0) is 17.8. The SMILES string of the molecule is OCCc1ccccc1-n1ccnc1-c1ccccc1Cn1cccn1. The van der Waals surface area contributed by atoms with Crippen molar-refractivity contribution >= 4 is 0 Å². The molecule has 0 aliphatic carbocycles. The fourth-order valence-corrected chi connectivity index (χ4v) is 3.22. The summed E-state index contributed by atoms with van der Waals surface area (Å²) >= 11 is 0. The molecule has 0 fully saturated rings. The van der Waals surface area contributed by atoms with E-state index in [1.165, 1.54) is 0 Å². The number of nitrogens with zero attached hydrogens (tertiary/aromatic N) is 4. The summed E-state index contributed by atoms with van der Waals surface area (Å²) in [5.74, 6) is 0.887. The van der Waals surface area contributed by atoms with Crippen LogP contribution in [-0.2, 0) is 13.0 Å². The molecule has 0 aliphatic heterocycles. The number of hydrogen-bond acceptors (Lipinski definition) is 3. The maximum Gasteiger partial charge on any atom is 0.144 e. The number of benzene rings is 2. The number of aliphatic hydroxyl groups excluding tert-OH is 1. The normalized spacial score (nSPS) is 11.0. The molecular weight excluding hydrogens is 324 g/mol. The van der Waals surface area contributed by atoms with E-state index in [1.807, 2.05) is 59.7 Å². The largest absolute Gasteiger partial charge is 0.396 e. The predicted molar refractivity (Wildman–Crippen MR) is 101 cm³/mol. The van der Waals surface area contributed by atoms with E-state index >= 15 is 0 Å². The van der Waals surface area contributed by atoms with Crippen LogP contribution in [0.4, 0.5) is 0 Å². The van der Waals surface area contributed by atoms with Gasteiger partial charge in [-0.1, -0.05) is 42.5 Å². The van der Waals surface area contributed by atoms with Gasteiger partial charge in [0.25, 0.3) is 0 Å². The maximum absolute atomic E-state index is 9.38. The monoisotopic (exact) mass is 344 g/mol. The Kier molecular flexibility index (Phi) is 4.62. The lowest BCUT2D eigenvalue weighted by atomic mass is 10.1. The van der Waals surface area contributed by atoms with Crippen molar-refractivity contribution < 1.29 is 5.11 Å². The standard InChI is InChI=1S/C21H20N4O/c26-15-10-17-6-2-4-9-20(17)25-14-12-22-21(25)19-8-3-1-7-18(19)16-24-13-5-11-23-24/h1-9,11-14,26H,10,15-16H2. The highest BCUT2D eigenvalue weighted by atomic mass is 16.2. The topological polar surface area (TPSA) is 55.9 Å². The molecule has 0 amide bonds. The highest BCUT2D eigenvalue weighted by Gasteiger charge is 2.14. The second-order valence-corrected chi connectivity index (χ2v) is 6.08. The van der Waals surface area contributed by atoms with Gasteiger partial charge < -0.3 is 5.11 Å². The van der Waals surface area contributed by atoms with Gasteiger partial charge in [-0.25, -0.2) is 4.98 Å². The van der Waals surface area contributed by atoms with Gasteiger partial charge in [0.1, 0.15) is 5.82 Å². The lowest BCUT2D eigenvalue weighted by Crippen LogP contribution is -2.06. The van der Waals surface area contributed by atoms with Crippen LogP contribution < -0.4 is 0 Å². The highest BCUT2D eigenvalue weighted by Crippen LogP contribution is 2.27. The third-order valence-corrected chi connectivity index (χ3v) is 4.42. The van der Waals surface area contributed by atoms with Crippen molar-refractivity contribution in [1.82, 2.24) is 19.3 Å². The molecule has 5 heteroatoms. The Morgan fingerprint density at radius 3 is 2.46 bits per heavy atom. The molecule has 1 N–H and O–H groups in total. The number of para-hydroxylation sites is 1. The van der Waals surface area contributed by atoms with Crippen molar-refractivity contribution in [3.8, 4) is 17.1 Å². The number of hydrogen-bond donors (Lipinski definition) is 1. The Balaban J connectivity index is 1.79. The van der Waals surface area contributed by atoms with Gasteiger partial charge >= 0.3 is 0 Å². The van der Waals surface area contributed by atoms with E-state index in [9.17, 15) is 5.11 Å². The minimum atomic E-state index is 0.122. The van der Waals surface area contributed by atoms with E-state index in [1.54, 1.807) is 6.20 Å². The van der Waals surface area contributed by atoms with Gasteiger partial charge in [-0.2, -0.15) is 5.10 Å². The number of imidazole rings is 1. The Morgan fingerprint density at radius 2 is 1.65 bits per heavy atom. The summed E-state index contributed by atoms with van der Waals surface area (Å²) in [6, 6.07) is 18.3. The zero-order valence-electron chi connectivity index (χ0n) is 14.4. The Morgan fingerprint density at radius 1 is 0.846 bits per heavy atom. The van der Waals surface area contributed by atoms with Gasteiger partial charge in [-0.05, 0) is 29.7 Å². The summed E-state index contributed by atoms with van der Waals surface area (Å²) in [7, 11) is 0. The van der Waals surface area contributed by atoms with Crippen molar-refractivity contribution in [1.29, 1.82) is 0 Å². The second-order valence-electron chi connectivity index (χ2n) is 6.08. The van der Waals surface area contributed by atoms with Crippen LogP contribution in [0.15, 0.2) is 79.4 Å². The second kappa shape index (κ2) is 7.37. The molecule has 0 aliphatic rings. The fourth-order valence-electron chi connectivity index (χ4n) is 3.22. The molecule has 4 aromatic rings. The smallest absolute Gasteiger partial charge is 0.144 e. The molecule has 2 aromatic heterocycles. The van der Waals surface area contributed by atoms with E-state index < -0.39 is 0 Å². The quantitative estimate of drug-likeness (QED) is 0.584. The van der Waals surface area contributed by atoms with Gasteiger partial charge in [0.2, 0.25) is 0 Å². The van der Waals surface area contributed by atoms with Crippen LogP contribution in [0.1, 0.15) is 11.1 Å². The average Bonchev–Trinajstić information content (AvgIpc) is 3.35. The molecule has 0 spiro atoms. The first-order valence-corrected chi connectivity index (χ1v) is 8.65. The minimum Gasteiger partial charge on any atom is -0.396 e. The van der Waals surface area contributed by atoms with E-state index in [0.29, 0.717) is 13.0 Å². The molecular formula is C21H20N4O. The fraction of sp³-hybridized carbons (Fsp3) is 0.143. The summed E-state index contributed by atoms with van der Waals surface area (Å²) in [6.45, 7) is 0.811. The van der Waals surface area contributed by atoms with Crippen molar-refractivity contribution in [2.75, 3.05) is 6.61 Å². The first-order valence-electron chi connectivity index (χ1n) is 8.65. The lowest BCUT2D eigenvalue weighted by molar-refractivity contribution is 0.299. The Labute approximate surface area is 152 Å². The van der Waals surface area contributed by atoms with Crippen LogP contribution in [0.2, 0.25) is 0 Å². The highest BCUT2D eigenvalue weighted by molar-refractivity contribution is 5.64. The molecule has 2 heterocycles. The summed E-state index contributed by atoms with van der Waals surface area (Å²) in [6.07, 6.45) is 8.14. The summed E-state index contributed by atoms with van der Waals surface area (Å²) in [5.41, 5.74) is 4.37. The molecule has 2 aromatic carbocycles. The van der Waals surface area contributed by atoms with Gasteiger partial charge in [-0.15, -0.1) is 0 Å². The first-order chi connectivity index (χ1) is 12.9. The molecule has 0 saturated heterocycles. The van der Waals surface area contributed by atoms with E-state index in [2.05, 4.69) is 32.8 Å². The van der Waals surface area contributed by atoms with E-state index in [-0.39, 0.29) is 6.61 Å². The van der Waals surface area contributed by atoms with Crippen LogP contribution >= 0.6 is 0 Å². The Bertz CT molecular complexity index is 989. The molecule has 130 valence electrons. The third kappa shape index (κ3) is 3.17. The molecule has 26 heavy (non-hydrogen) atoms. The van der Waals surface area contributed by atoms with Crippen LogP contribution in [0, 0.1) is 0 Å². The first kappa shape index (κ1) is 16.3. The van der Waals surface area contributed by atoms with Gasteiger partial charge in [-0.3, -0.25) is 9.25 Å². The molecule has 0 saturated carbocycles. The van der Waals surface area contributed by atoms with Crippen LogP contribution in [0.3, 0.4) is 0 Å². The van der Waals surface area contributed by atoms with Crippen LogP contribution in [0.25, 0.3) is 17.1 Å². The van der Waals surface area contributed by atoms with E-state index in [0.717, 1.165) is 28.2 Å². The summed E-state index contributed by atoms with van der Waals surface area (Å²) < 4.78 is 4.00. The average molecular weight is 344 g/mol. The summed E-state index contributed by atoms with van der Waals surface area (Å²) in [5, 5.41) is 13.7. The number of rotatable bonds is 6. The third-order valence-electron chi connectivity index (χ3n) is 4.42. The predicted octanol–water partition coefficient (Wildman–Crippen LogP) is 3.32. The molecule has 4 rings (SSSR count). The molecule has 0 unspecified atom stereocenters. The van der Waals surface area contributed by atoms with E-state index in [4.69, 9.17) is 0 Å². The van der Waals surface area contributed by atoms with Crippen molar-refractivity contribution in [3.05, 3.63) is 90.5 Å². The van der Waals surface area contributed by atoms with Crippen LogP contribution in [0.5, 0.6) is 0 Å². The number of aromatic nitrogens is 4. The summed E-state index contributed by atoms with van der Waals surface area (Å²) in [4.78, 5) is 4.62. The number of aliphatic hydroxyl groups is 1. The van der Waals surface area contributed by atoms with Crippen molar-refractivity contribution in [3.63, 3.8) is 0 Å².